The lowest BCUT2D eigenvalue weighted by Gasteiger charge is -2.08. The average Bonchev–Trinajstić information content (AvgIpc) is 2.37. The van der Waals surface area contributed by atoms with Gasteiger partial charge in [0.15, 0.2) is 0 Å². The van der Waals surface area contributed by atoms with E-state index < -0.39 is 4.92 Å². The Morgan fingerprint density at radius 3 is 2.74 bits per heavy atom. The fraction of sp³-hybridized carbons (Fsp3) is 0.0769. The largest absolute Gasteiger partial charge is 0.487 e. The van der Waals surface area contributed by atoms with Crippen molar-refractivity contribution in [1.29, 1.82) is 0 Å². The fourth-order valence-corrected chi connectivity index (χ4v) is 1.68. The minimum Gasteiger partial charge on any atom is -0.487 e. The molecule has 0 fully saturated rings. The second-order valence-corrected chi connectivity index (χ2v) is 4.20. The van der Waals surface area contributed by atoms with Gasteiger partial charge in [0, 0.05) is 6.07 Å². The highest BCUT2D eigenvalue weighted by Crippen LogP contribution is 2.29. The van der Waals surface area contributed by atoms with Gasteiger partial charge in [-0.1, -0.05) is 23.7 Å². The van der Waals surface area contributed by atoms with E-state index in [4.69, 9.17) is 16.3 Å². The van der Waals surface area contributed by atoms with Gasteiger partial charge >= 0.3 is 0 Å². The Hall–Kier alpha value is -2.14. The van der Waals surface area contributed by atoms with Crippen LogP contribution in [0.5, 0.6) is 5.75 Å². The Morgan fingerprint density at radius 2 is 2.05 bits per heavy atom. The maximum absolute atomic E-state index is 13.0. The summed E-state index contributed by atoms with van der Waals surface area (Å²) < 4.78 is 18.3. The molecule has 0 bridgehead atoms. The molecule has 4 nitrogen and oxygen atoms in total. The number of hydrogen-bond donors (Lipinski definition) is 0. The SMILES string of the molecule is O=[N+]([O-])c1ccc(Cl)c(OCc2cccc(F)c2)c1. The quantitative estimate of drug-likeness (QED) is 0.629. The second kappa shape index (κ2) is 5.67. The summed E-state index contributed by atoms with van der Waals surface area (Å²) >= 11 is 5.88. The van der Waals surface area contributed by atoms with Crippen LogP contribution >= 0.6 is 11.6 Å². The van der Waals surface area contributed by atoms with Crippen LogP contribution in [0.1, 0.15) is 5.56 Å². The van der Waals surface area contributed by atoms with Gasteiger partial charge < -0.3 is 4.74 Å². The van der Waals surface area contributed by atoms with E-state index in [9.17, 15) is 14.5 Å². The van der Waals surface area contributed by atoms with Crippen LogP contribution < -0.4 is 4.74 Å². The summed E-state index contributed by atoms with van der Waals surface area (Å²) in [7, 11) is 0. The van der Waals surface area contributed by atoms with Crippen molar-refractivity contribution in [2.24, 2.45) is 0 Å². The molecule has 2 rings (SSSR count). The third kappa shape index (κ3) is 3.42. The van der Waals surface area contributed by atoms with Crippen LogP contribution in [0.15, 0.2) is 42.5 Å². The highest BCUT2D eigenvalue weighted by molar-refractivity contribution is 6.32. The minimum absolute atomic E-state index is 0.0820. The van der Waals surface area contributed by atoms with Crippen molar-refractivity contribution in [2.45, 2.75) is 6.61 Å². The number of rotatable bonds is 4. The van der Waals surface area contributed by atoms with Crippen molar-refractivity contribution in [3.8, 4) is 5.75 Å². The number of nitro benzene ring substituents is 1. The van der Waals surface area contributed by atoms with E-state index >= 15 is 0 Å². The van der Waals surface area contributed by atoms with Crippen LogP contribution in [-0.4, -0.2) is 4.92 Å². The Balaban J connectivity index is 2.15. The van der Waals surface area contributed by atoms with E-state index in [1.807, 2.05) is 0 Å². The number of hydrogen-bond acceptors (Lipinski definition) is 3. The van der Waals surface area contributed by atoms with E-state index in [0.29, 0.717) is 5.56 Å². The summed E-state index contributed by atoms with van der Waals surface area (Å²) in [5.41, 5.74) is 0.501. The Kier molecular flexibility index (Phi) is 3.97. The maximum Gasteiger partial charge on any atom is 0.273 e. The van der Waals surface area contributed by atoms with Gasteiger partial charge in [-0.2, -0.15) is 0 Å². The molecule has 0 saturated carbocycles. The van der Waals surface area contributed by atoms with Gasteiger partial charge in [-0.15, -0.1) is 0 Å². The van der Waals surface area contributed by atoms with Gasteiger partial charge in [-0.3, -0.25) is 10.1 Å². The molecule has 0 heterocycles. The number of nitro groups is 1. The Labute approximate surface area is 113 Å². The fourth-order valence-electron chi connectivity index (χ4n) is 1.50. The van der Waals surface area contributed by atoms with Gasteiger partial charge in [0.25, 0.3) is 5.69 Å². The number of non-ortho nitro benzene ring substituents is 1. The molecule has 0 aliphatic rings. The van der Waals surface area contributed by atoms with Crippen molar-refractivity contribution in [1.82, 2.24) is 0 Å². The van der Waals surface area contributed by atoms with E-state index in [-0.39, 0.29) is 28.9 Å². The molecule has 0 aliphatic heterocycles. The lowest BCUT2D eigenvalue weighted by atomic mass is 10.2. The van der Waals surface area contributed by atoms with E-state index in [1.54, 1.807) is 12.1 Å². The van der Waals surface area contributed by atoms with Gasteiger partial charge in [0.1, 0.15) is 18.2 Å². The molecule has 19 heavy (non-hydrogen) atoms. The van der Waals surface area contributed by atoms with Crippen LogP contribution in [0.2, 0.25) is 5.02 Å². The van der Waals surface area contributed by atoms with Crippen LogP contribution in [0, 0.1) is 15.9 Å². The molecule has 2 aromatic carbocycles. The summed E-state index contributed by atoms with van der Waals surface area (Å²) in [6.07, 6.45) is 0. The zero-order valence-corrected chi connectivity index (χ0v) is 10.4. The van der Waals surface area contributed by atoms with E-state index in [1.165, 1.54) is 30.3 Å². The molecule has 6 heteroatoms. The first kappa shape index (κ1) is 13.3. The minimum atomic E-state index is -0.536. The molecule has 2 aromatic rings. The molecule has 0 amide bonds. The van der Waals surface area contributed by atoms with Crippen molar-refractivity contribution >= 4 is 17.3 Å². The summed E-state index contributed by atoms with van der Waals surface area (Å²) in [5.74, 6) is -0.175. The van der Waals surface area contributed by atoms with Crippen molar-refractivity contribution in [3.05, 3.63) is 69.0 Å². The number of halogens is 2. The van der Waals surface area contributed by atoms with Crippen LogP contribution in [0.4, 0.5) is 10.1 Å². The highest BCUT2D eigenvalue weighted by atomic mass is 35.5. The predicted octanol–water partition coefficient (Wildman–Crippen LogP) is 3.97. The van der Waals surface area contributed by atoms with Crippen LogP contribution in [0.3, 0.4) is 0 Å². The first-order chi connectivity index (χ1) is 9.06. The summed E-state index contributed by atoms with van der Waals surface area (Å²) in [5, 5.41) is 10.9. The molecule has 0 atom stereocenters. The van der Waals surface area contributed by atoms with Crippen molar-refractivity contribution in [2.75, 3.05) is 0 Å². The topological polar surface area (TPSA) is 52.4 Å². The molecule has 0 aliphatic carbocycles. The third-order valence-electron chi connectivity index (χ3n) is 2.41. The number of ether oxygens (including phenoxy) is 1. The standard InChI is InChI=1S/C13H9ClFNO3/c14-12-5-4-11(16(17)18)7-13(12)19-8-9-2-1-3-10(15)6-9/h1-7H,8H2. The number of nitrogens with zero attached hydrogens (tertiary/aromatic N) is 1. The van der Waals surface area contributed by atoms with Crippen LogP contribution in [-0.2, 0) is 6.61 Å². The summed E-state index contributed by atoms with van der Waals surface area (Å²) in [6, 6.07) is 9.81. The lowest BCUT2D eigenvalue weighted by Crippen LogP contribution is -1.97. The molecule has 0 radical (unpaired) electrons. The molecule has 0 saturated heterocycles. The zero-order chi connectivity index (χ0) is 13.8. The number of benzene rings is 2. The van der Waals surface area contributed by atoms with Crippen molar-refractivity contribution < 1.29 is 14.1 Å². The van der Waals surface area contributed by atoms with Gasteiger partial charge in [0.05, 0.1) is 16.0 Å². The zero-order valence-electron chi connectivity index (χ0n) is 9.68. The smallest absolute Gasteiger partial charge is 0.273 e. The molecule has 0 spiro atoms. The Morgan fingerprint density at radius 1 is 1.26 bits per heavy atom. The average molecular weight is 282 g/mol. The summed E-state index contributed by atoms with van der Waals surface area (Å²) in [6.45, 7) is 0.0820. The van der Waals surface area contributed by atoms with E-state index in [0.717, 1.165) is 0 Å². The first-order valence-corrected chi connectivity index (χ1v) is 5.75. The Bertz CT molecular complexity index is 619. The van der Waals surface area contributed by atoms with Gasteiger partial charge in [0.2, 0.25) is 0 Å². The molecule has 0 unspecified atom stereocenters. The second-order valence-electron chi connectivity index (χ2n) is 3.79. The third-order valence-corrected chi connectivity index (χ3v) is 2.72. The molecule has 0 aromatic heterocycles. The van der Waals surface area contributed by atoms with E-state index in [2.05, 4.69) is 0 Å². The van der Waals surface area contributed by atoms with Gasteiger partial charge in [-0.25, -0.2) is 4.39 Å². The normalized spacial score (nSPS) is 10.2. The van der Waals surface area contributed by atoms with Gasteiger partial charge in [-0.05, 0) is 23.8 Å². The molecule has 0 N–H and O–H groups in total. The first-order valence-electron chi connectivity index (χ1n) is 5.37. The highest BCUT2D eigenvalue weighted by Gasteiger charge is 2.10. The summed E-state index contributed by atoms with van der Waals surface area (Å²) in [4.78, 5) is 10.1. The predicted molar refractivity (Wildman–Crippen MR) is 68.8 cm³/mol. The lowest BCUT2D eigenvalue weighted by molar-refractivity contribution is -0.384. The maximum atomic E-state index is 13.0. The molecule has 98 valence electrons. The monoisotopic (exact) mass is 281 g/mol. The molecular weight excluding hydrogens is 273 g/mol. The van der Waals surface area contributed by atoms with Crippen LogP contribution in [0.25, 0.3) is 0 Å². The molecular formula is C13H9ClFNO3. The van der Waals surface area contributed by atoms with Crippen molar-refractivity contribution in [3.63, 3.8) is 0 Å².